The van der Waals surface area contributed by atoms with Crippen LogP contribution in [0.15, 0.2) is 30.3 Å². The lowest BCUT2D eigenvalue weighted by Gasteiger charge is -2.11. The van der Waals surface area contributed by atoms with Crippen LogP contribution in [0.25, 0.3) is 0 Å². The zero-order valence-electron chi connectivity index (χ0n) is 8.23. The number of nitrogens with one attached hydrogen (secondary N) is 1. The van der Waals surface area contributed by atoms with Crippen molar-refractivity contribution in [1.29, 1.82) is 0 Å². The van der Waals surface area contributed by atoms with E-state index in [9.17, 15) is 4.79 Å². The topological polar surface area (TPSA) is 49.3 Å². The summed E-state index contributed by atoms with van der Waals surface area (Å²) in [6.45, 7) is 0.504. The molecule has 0 spiro atoms. The summed E-state index contributed by atoms with van der Waals surface area (Å²) in [6.07, 6.45) is 0.580. The molecule has 76 valence electrons. The van der Waals surface area contributed by atoms with Crippen molar-refractivity contribution < 1.29 is 9.90 Å². The van der Waals surface area contributed by atoms with Crippen molar-refractivity contribution in [3.63, 3.8) is 0 Å². The van der Waals surface area contributed by atoms with Crippen molar-refractivity contribution in [2.24, 2.45) is 5.92 Å². The summed E-state index contributed by atoms with van der Waals surface area (Å²) in [5.41, 5.74) is 1.06. The quantitative estimate of drug-likeness (QED) is 0.737. The van der Waals surface area contributed by atoms with Gasteiger partial charge in [0.2, 0.25) is 0 Å². The zero-order valence-corrected chi connectivity index (χ0v) is 8.23. The molecule has 0 heterocycles. The number of benzene rings is 1. The highest BCUT2D eigenvalue weighted by Gasteiger charge is 2.16. The number of carboxylic acid groups (broad SMARTS) is 1. The van der Waals surface area contributed by atoms with E-state index in [0.29, 0.717) is 13.0 Å². The van der Waals surface area contributed by atoms with Crippen LogP contribution in [0.5, 0.6) is 0 Å². The Bertz CT molecular complexity index is 285. The van der Waals surface area contributed by atoms with E-state index in [4.69, 9.17) is 5.11 Å². The van der Waals surface area contributed by atoms with Gasteiger partial charge < -0.3 is 10.4 Å². The molecule has 0 saturated carbocycles. The second kappa shape index (κ2) is 5.40. The van der Waals surface area contributed by atoms with Gasteiger partial charge in [0.05, 0.1) is 5.92 Å². The molecule has 0 radical (unpaired) electrons. The van der Waals surface area contributed by atoms with E-state index in [1.54, 1.807) is 7.05 Å². The Kier molecular flexibility index (Phi) is 4.13. The van der Waals surface area contributed by atoms with E-state index in [0.717, 1.165) is 5.56 Å². The minimum atomic E-state index is -0.747. The van der Waals surface area contributed by atoms with Crippen LogP contribution in [0.1, 0.15) is 5.56 Å². The molecule has 2 N–H and O–H groups in total. The van der Waals surface area contributed by atoms with Crippen molar-refractivity contribution in [1.82, 2.24) is 5.32 Å². The molecule has 0 bridgehead atoms. The first kappa shape index (κ1) is 10.7. The SMILES string of the molecule is CNCC(Cc1ccccc1)C(=O)O. The van der Waals surface area contributed by atoms with Crippen LogP contribution in [-0.4, -0.2) is 24.7 Å². The molecule has 1 rings (SSSR count). The minimum Gasteiger partial charge on any atom is -0.481 e. The normalized spacial score (nSPS) is 12.4. The molecule has 3 heteroatoms. The van der Waals surface area contributed by atoms with E-state index in [1.807, 2.05) is 30.3 Å². The lowest BCUT2D eigenvalue weighted by Crippen LogP contribution is -2.27. The number of carbonyl (C=O) groups is 1. The summed E-state index contributed by atoms with van der Waals surface area (Å²) >= 11 is 0. The zero-order chi connectivity index (χ0) is 10.4. The maximum atomic E-state index is 10.9. The molecule has 1 aromatic rings. The molecule has 0 aromatic heterocycles. The van der Waals surface area contributed by atoms with Crippen molar-refractivity contribution >= 4 is 5.97 Å². The second-order valence-electron chi connectivity index (χ2n) is 3.28. The number of aliphatic carboxylic acids is 1. The largest absolute Gasteiger partial charge is 0.481 e. The molecule has 0 aliphatic heterocycles. The number of carboxylic acids is 1. The van der Waals surface area contributed by atoms with Crippen LogP contribution >= 0.6 is 0 Å². The molecule has 1 aromatic carbocycles. The first-order chi connectivity index (χ1) is 6.74. The summed E-state index contributed by atoms with van der Waals surface area (Å²) in [7, 11) is 1.76. The Morgan fingerprint density at radius 1 is 1.43 bits per heavy atom. The van der Waals surface area contributed by atoms with Gasteiger partial charge in [-0.25, -0.2) is 0 Å². The van der Waals surface area contributed by atoms with Gasteiger partial charge in [0.25, 0.3) is 0 Å². The van der Waals surface area contributed by atoms with Crippen LogP contribution in [0.4, 0.5) is 0 Å². The van der Waals surface area contributed by atoms with E-state index in [-0.39, 0.29) is 5.92 Å². The molecule has 1 atom stereocenters. The van der Waals surface area contributed by atoms with Gasteiger partial charge in [0, 0.05) is 6.54 Å². The van der Waals surface area contributed by atoms with Crippen LogP contribution in [0.3, 0.4) is 0 Å². The van der Waals surface area contributed by atoms with E-state index in [2.05, 4.69) is 5.32 Å². The van der Waals surface area contributed by atoms with Gasteiger partial charge in [0.15, 0.2) is 0 Å². The Morgan fingerprint density at radius 2 is 2.07 bits per heavy atom. The average Bonchev–Trinajstić information content (AvgIpc) is 2.18. The Hall–Kier alpha value is -1.35. The van der Waals surface area contributed by atoms with Gasteiger partial charge in [-0.3, -0.25) is 4.79 Å². The Morgan fingerprint density at radius 3 is 2.57 bits per heavy atom. The maximum absolute atomic E-state index is 10.9. The summed E-state index contributed by atoms with van der Waals surface area (Å²) in [6, 6.07) is 9.68. The summed E-state index contributed by atoms with van der Waals surface area (Å²) < 4.78 is 0. The minimum absolute atomic E-state index is 0.345. The molecule has 0 amide bonds. The number of hydrogen-bond donors (Lipinski definition) is 2. The first-order valence-electron chi connectivity index (χ1n) is 4.65. The van der Waals surface area contributed by atoms with Gasteiger partial charge >= 0.3 is 5.97 Å². The first-order valence-corrected chi connectivity index (χ1v) is 4.65. The van der Waals surface area contributed by atoms with E-state index < -0.39 is 5.97 Å². The Balaban J connectivity index is 2.60. The van der Waals surface area contributed by atoms with Crippen molar-refractivity contribution in [2.75, 3.05) is 13.6 Å². The van der Waals surface area contributed by atoms with Crippen LogP contribution in [0, 0.1) is 5.92 Å². The summed E-state index contributed by atoms with van der Waals surface area (Å²) in [4.78, 5) is 10.9. The molecular weight excluding hydrogens is 178 g/mol. The van der Waals surface area contributed by atoms with Crippen molar-refractivity contribution in [3.05, 3.63) is 35.9 Å². The highest BCUT2D eigenvalue weighted by molar-refractivity contribution is 5.70. The monoisotopic (exact) mass is 193 g/mol. The predicted octanol–water partition coefficient (Wildman–Crippen LogP) is 1.15. The molecule has 0 saturated heterocycles. The molecule has 1 unspecified atom stereocenters. The molecule has 0 fully saturated rings. The fourth-order valence-corrected chi connectivity index (χ4v) is 1.39. The van der Waals surface area contributed by atoms with Crippen LogP contribution in [-0.2, 0) is 11.2 Å². The smallest absolute Gasteiger partial charge is 0.308 e. The average molecular weight is 193 g/mol. The highest BCUT2D eigenvalue weighted by atomic mass is 16.4. The standard InChI is InChI=1S/C11H15NO2/c1-12-8-10(11(13)14)7-9-5-3-2-4-6-9/h2-6,10,12H,7-8H2,1H3,(H,13,14). The molecular formula is C11H15NO2. The van der Waals surface area contributed by atoms with Gasteiger partial charge in [0.1, 0.15) is 0 Å². The van der Waals surface area contributed by atoms with Crippen LogP contribution < -0.4 is 5.32 Å². The van der Waals surface area contributed by atoms with Crippen molar-refractivity contribution in [2.45, 2.75) is 6.42 Å². The molecule has 14 heavy (non-hydrogen) atoms. The van der Waals surface area contributed by atoms with Gasteiger partial charge in [-0.15, -0.1) is 0 Å². The second-order valence-corrected chi connectivity index (χ2v) is 3.28. The van der Waals surface area contributed by atoms with E-state index in [1.165, 1.54) is 0 Å². The number of hydrogen-bond acceptors (Lipinski definition) is 2. The lowest BCUT2D eigenvalue weighted by molar-refractivity contribution is -0.141. The third-order valence-electron chi connectivity index (χ3n) is 2.12. The summed E-state index contributed by atoms with van der Waals surface area (Å²) in [5.74, 6) is -1.09. The third kappa shape index (κ3) is 3.18. The van der Waals surface area contributed by atoms with E-state index >= 15 is 0 Å². The summed E-state index contributed by atoms with van der Waals surface area (Å²) in [5, 5.41) is 11.8. The van der Waals surface area contributed by atoms with Gasteiger partial charge in [-0.2, -0.15) is 0 Å². The fraction of sp³-hybridized carbons (Fsp3) is 0.364. The highest BCUT2D eigenvalue weighted by Crippen LogP contribution is 2.08. The van der Waals surface area contributed by atoms with Crippen LogP contribution in [0.2, 0.25) is 0 Å². The van der Waals surface area contributed by atoms with Crippen molar-refractivity contribution in [3.8, 4) is 0 Å². The molecule has 0 aliphatic rings. The maximum Gasteiger partial charge on any atom is 0.308 e. The third-order valence-corrected chi connectivity index (χ3v) is 2.12. The van der Waals surface area contributed by atoms with Gasteiger partial charge in [-0.05, 0) is 19.0 Å². The molecule has 0 aliphatic carbocycles. The number of rotatable bonds is 5. The lowest BCUT2D eigenvalue weighted by atomic mass is 9.99. The predicted molar refractivity (Wildman–Crippen MR) is 55.2 cm³/mol. The fourth-order valence-electron chi connectivity index (χ4n) is 1.39. The molecule has 3 nitrogen and oxygen atoms in total. The van der Waals surface area contributed by atoms with Gasteiger partial charge in [-0.1, -0.05) is 30.3 Å². The Labute approximate surface area is 83.8 Å².